The molecule has 0 aliphatic heterocycles. The predicted octanol–water partition coefficient (Wildman–Crippen LogP) is 2.42. The maximum atomic E-state index is 13.2. The number of halogens is 3. The summed E-state index contributed by atoms with van der Waals surface area (Å²) in [5.74, 6) is -1.74. The SMILES string of the molecule is Cc1ccc(CC(O)CCl)c(F)c1F. The lowest BCUT2D eigenvalue weighted by Gasteiger charge is -2.09. The van der Waals surface area contributed by atoms with Crippen LogP contribution in [-0.2, 0) is 6.42 Å². The van der Waals surface area contributed by atoms with Gasteiger partial charge in [-0.25, -0.2) is 8.78 Å². The van der Waals surface area contributed by atoms with Crippen molar-refractivity contribution in [3.05, 3.63) is 34.9 Å². The highest BCUT2D eigenvalue weighted by molar-refractivity contribution is 6.18. The van der Waals surface area contributed by atoms with E-state index < -0.39 is 17.7 Å². The first-order valence-corrected chi connectivity index (χ1v) is 4.77. The topological polar surface area (TPSA) is 20.2 Å². The van der Waals surface area contributed by atoms with Gasteiger partial charge in [-0.05, 0) is 18.1 Å². The normalized spacial score (nSPS) is 12.9. The molecule has 1 nitrogen and oxygen atoms in total. The van der Waals surface area contributed by atoms with Gasteiger partial charge < -0.3 is 5.11 Å². The summed E-state index contributed by atoms with van der Waals surface area (Å²) < 4.78 is 26.3. The fourth-order valence-electron chi connectivity index (χ4n) is 1.15. The summed E-state index contributed by atoms with van der Waals surface area (Å²) in [6.07, 6.45) is -0.805. The molecule has 0 bridgehead atoms. The number of aryl methyl sites for hydroxylation is 1. The van der Waals surface area contributed by atoms with E-state index in [2.05, 4.69) is 0 Å². The fraction of sp³-hybridized carbons (Fsp3) is 0.400. The molecule has 0 fully saturated rings. The van der Waals surface area contributed by atoms with E-state index in [1.54, 1.807) is 0 Å². The van der Waals surface area contributed by atoms with Crippen LogP contribution in [0.1, 0.15) is 11.1 Å². The van der Waals surface area contributed by atoms with Gasteiger partial charge in [-0.2, -0.15) is 0 Å². The van der Waals surface area contributed by atoms with Crippen LogP contribution in [0, 0.1) is 18.6 Å². The second-order valence-electron chi connectivity index (χ2n) is 3.18. The summed E-state index contributed by atoms with van der Waals surface area (Å²) in [7, 11) is 0. The van der Waals surface area contributed by atoms with Crippen LogP contribution in [0.25, 0.3) is 0 Å². The molecule has 78 valence electrons. The Hall–Kier alpha value is -0.670. The number of aliphatic hydroxyl groups excluding tert-OH is 1. The average molecular weight is 221 g/mol. The fourth-order valence-corrected chi connectivity index (χ4v) is 1.26. The molecule has 14 heavy (non-hydrogen) atoms. The average Bonchev–Trinajstić information content (AvgIpc) is 2.19. The lowest BCUT2D eigenvalue weighted by Crippen LogP contribution is -2.13. The summed E-state index contributed by atoms with van der Waals surface area (Å²) in [5, 5.41) is 9.17. The Kier molecular flexibility index (Phi) is 3.84. The molecule has 0 saturated carbocycles. The van der Waals surface area contributed by atoms with E-state index in [1.807, 2.05) is 0 Å². The Bertz CT molecular complexity index is 328. The molecule has 1 aromatic rings. The summed E-state index contributed by atoms with van der Waals surface area (Å²) in [6.45, 7) is 1.49. The van der Waals surface area contributed by atoms with Gasteiger partial charge in [0.15, 0.2) is 11.6 Å². The predicted molar refractivity (Wildman–Crippen MR) is 51.5 cm³/mol. The van der Waals surface area contributed by atoms with Crippen molar-refractivity contribution in [3.8, 4) is 0 Å². The van der Waals surface area contributed by atoms with Gasteiger partial charge in [0.1, 0.15) is 0 Å². The third-order valence-electron chi connectivity index (χ3n) is 1.99. The minimum atomic E-state index is -0.894. The number of alkyl halides is 1. The monoisotopic (exact) mass is 220 g/mol. The van der Waals surface area contributed by atoms with Gasteiger partial charge >= 0.3 is 0 Å². The molecule has 0 heterocycles. The van der Waals surface area contributed by atoms with Crippen LogP contribution in [0.3, 0.4) is 0 Å². The van der Waals surface area contributed by atoms with Crippen molar-refractivity contribution >= 4 is 11.6 Å². The first-order chi connectivity index (χ1) is 6.56. The second-order valence-corrected chi connectivity index (χ2v) is 3.49. The van der Waals surface area contributed by atoms with E-state index in [9.17, 15) is 13.9 Å². The molecular weight excluding hydrogens is 210 g/mol. The van der Waals surface area contributed by atoms with E-state index in [-0.39, 0.29) is 23.4 Å². The largest absolute Gasteiger partial charge is 0.392 e. The van der Waals surface area contributed by atoms with Gasteiger partial charge in [-0.1, -0.05) is 12.1 Å². The number of hydrogen-bond acceptors (Lipinski definition) is 1. The van der Waals surface area contributed by atoms with Gasteiger partial charge in [0, 0.05) is 12.3 Å². The summed E-state index contributed by atoms with van der Waals surface area (Å²) in [6, 6.07) is 2.94. The molecule has 0 amide bonds. The highest BCUT2D eigenvalue weighted by Gasteiger charge is 2.13. The van der Waals surface area contributed by atoms with Crippen LogP contribution in [0.15, 0.2) is 12.1 Å². The molecule has 0 aliphatic rings. The van der Waals surface area contributed by atoms with E-state index >= 15 is 0 Å². The van der Waals surface area contributed by atoms with Gasteiger partial charge in [0.25, 0.3) is 0 Å². The zero-order valence-electron chi connectivity index (χ0n) is 7.73. The number of aliphatic hydroxyl groups is 1. The Morgan fingerprint density at radius 3 is 2.57 bits per heavy atom. The van der Waals surface area contributed by atoms with E-state index in [1.165, 1.54) is 19.1 Å². The second kappa shape index (κ2) is 4.71. The first kappa shape index (κ1) is 11.4. The highest BCUT2D eigenvalue weighted by atomic mass is 35.5. The summed E-state index contributed by atoms with van der Waals surface area (Å²) >= 11 is 5.36. The molecule has 1 unspecified atom stereocenters. The lowest BCUT2D eigenvalue weighted by atomic mass is 10.1. The molecule has 4 heteroatoms. The lowest BCUT2D eigenvalue weighted by molar-refractivity contribution is 0.197. The van der Waals surface area contributed by atoms with E-state index in [4.69, 9.17) is 11.6 Å². The van der Waals surface area contributed by atoms with Crippen LogP contribution in [0.2, 0.25) is 0 Å². The molecule has 0 aliphatic carbocycles. The Morgan fingerprint density at radius 2 is 2.00 bits per heavy atom. The van der Waals surface area contributed by atoms with Crippen LogP contribution in [0.5, 0.6) is 0 Å². The highest BCUT2D eigenvalue weighted by Crippen LogP contribution is 2.17. The zero-order chi connectivity index (χ0) is 10.7. The Morgan fingerprint density at radius 1 is 1.36 bits per heavy atom. The van der Waals surface area contributed by atoms with Crippen molar-refractivity contribution in [2.24, 2.45) is 0 Å². The van der Waals surface area contributed by atoms with Crippen molar-refractivity contribution in [2.45, 2.75) is 19.4 Å². The molecule has 0 radical (unpaired) electrons. The van der Waals surface area contributed by atoms with Gasteiger partial charge in [0.05, 0.1) is 6.10 Å². The van der Waals surface area contributed by atoms with Crippen molar-refractivity contribution in [3.63, 3.8) is 0 Å². The number of hydrogen-bond donors (Lipinski definition) is 1. The summed E-state index contributed by atoms with van der Waals surface area (Å²) in [5.41, 5.74) is 0.410. The Labute approximate surface area is 86.3 Å². The molecule has 1 rings (SSSR count). The maximum Gasteiger partial charge on any atom is 0.162 e. The smallest absolute Gasteiger partial charge is 0.162 e. The number of rotatable bonds is 3. The van der Waals surface area contributed by atoms with Crippen LogP contribution < -0.4 is 0 Å². The van der Waals surface area contributed by atoms with E-state index in [0.29, 0.717) is 0 Å². The number of benzene rings is 1. The van der Waals surface area contributed by atoms with Gasteiger partial charge in [-0.15, -0.1) is 11.6 Å². The molecule has 0 spiro atoms. The first-order valence-electron chi connectivity index (χ1n) is 4.23. The Balaban J connectivity index is 2.94. The maximum absolute atomic E-state index is 13.2. The molecule has 1 N–H and O–H groups in total. The summed E-state index contributed by atoms with van der Waals surface area (Å²) in [4.78, 5) is 0. The standard InChI is InChI=1S/C10H11ClF2O/c1-6-2-3-7(4-8(14)5-11)10(13)9(6)12/h2-3,8,14H,4-5H2,1H3. The minimum Gasteiger partial charge on any atom is -0.392 e. The van der Waals surface area contributed by atoms with Crippen LogP contribution in [-0.4, -0.2) is 17.1 Å². The van der Waals surface area contributed by atoms with Gasteiger partial charge in [-0.3, -0.25) is 0 Å². The quantitative estimate of drug-likeness (QED) is 0.776. The van der Waals surface area contributed by atoms with Crippen molar-refractivity contribution in [1.82, 2.24) is 0 Å². The van der Waals surface area contributed by atoms with Crippen molar-refractivity contribution in [1.29, 1.82) is 0 Å². The van der Waals surface area contributed by atoms with Gasteiger partial charge in [0.2, 0.25) is 0 Å². The van der Waals surface area contributed by atoms with Crippen LogP contribution >= 0.6 is 11.6 Å². The minimum absolute atomic E-state index is 0.00886. The molecule has 1 aromatic carbocycles. The third-order valence-corrected chi connectivity index (χ3v) is 2.35. The molecule has 1 atom stereocenters. The van der Waals surface area contributed by atoms with E-state index in [0.717, 1.165) is 0 Å². The zero-order valence-corrected chi connectivity index (χ0v) is 8.48. The molecule has 0 aromatic heterocycles. The van der Waals surface area contributed by atoms with Crippen molar-refractivity contribution < 1.29 is 13.9 Å². The van der Waals surface area contributed by atoms with Crippen LogP contribution in [0.4, 0.5) is 8.78 Å². The van der Waals surface area contributed by atoms with Crippen molar-refractivity contribution in [2.75, 3.05) is 5.88 Å². The molecule has 0 saturated heterocycles. The molecular formula is C10H11ClF2O. The third kappa shape index (κ3) is 2.42.